The number of likely N-dealkylation sites (N-methyl/N-ethyl adjacent to an activating group) is 1. The fourth-order valence-corrected chi connectivity index (χ4v) is 3.03. The summed E-state index contributed by atoms with van der Waals surface area (Å²) in [7, 11) is 0. The molecule has 1 fully saturated rings. The van der Waals surface area contributed by atoms with Crippen LogP contribution in [0.4, 0.5) is 5.69 Å². The maximum Gasteiger partial charge on any atom is 0.315 e. The zero-order valence-electron chi connectivity index (χ0n) is 15.9. The van der Waals surface area contributed by atoms with Crippen molar-refractivity contribution in [2.24, 2.45) is 5.73 Å². The van der Waals surface area contributed by atoms with Crippen LogP contribution < -0.4 is 11.1 Å². The molecule has 0 spiro atoms. The minimum absolute atomic E-state index is 0.122. The van der Waals surface area contributed by atoms with Gasteiger partial charge in [-0.3, -0.25) is 14.9 Å². The molecule has 1 heterocycles. The van der Waals surface area contributed by atoms with E-state index in [0.29, 0.717) is 25.7 Å². The van der Waals surface area contributed by atoms with E-state index in [2.05, 4.69) is 12.2 Å². The van der Waals surface area contributed by atoms with E-state index in [0.717, 1.165) is 25.1 Å². The number of benzene rings is 1. The van der Waals surface area contributed by atoms with E-state index in [1.54, 1.807) is 0 Å². The number of hydrogen-bond acceptors (Lipinski definition) is 8. The van der Waals surface area contributed by atoms with Crippen molar-refractivity contribution < 1.29 is 24.7 Å². The maximum atomic E-state index is 12.5. The van der Waals surface area contributed by atoms with Crippen LogP contribution >= 0.6 is 0 Å². The standard InChI is InChI=1S/C18H26N4O6/c1-3-21(4-5-28-13-6-11(2)20-10-13)18(25)14(19)7-12-8-15(22(26)27)17(24)16(23)9-12/h7-9,11,13,20,23-24H,3-6,10,19H2,1-2H3/b14-7-/t11-,13-/m1/s1. The van der Waals surface area contributed by atoms with Crippen molar-refractivity contribution in [2.45, 2.75) is 32.4 Å². The van der Waals surface area contributed by atoms with E-state index in [1.807, 2.05) is 6.92 Å². The van der Waals surface area contributed by atoms with Gasteiger partial charge >= 0.3 is 5.69 Å². The van der Waals surface area contributed by atoms with Gasteiger partial charge in [0, 0.05) is 31.7 Å². The van der Waals surface area contributed by atoms with Gasteiger partial charge in [-0.05, 0) is 38.0 Å². The first-order valence-corrected chi connectivity index (χ1v) is 9.04. The lowest BCUT2D eigenvalue weighted by molar-refractivity contribution is -0.386. The number of nitrogens with zero attached hydrogens (tertiary/aromatic N) is 2. The average molecular weight is 394 g/mol. The molecule has 0 radical (unpaired) electrons. The number of nitro benzene ring substituents is 1. The molecule has 5 N–H and O–H groups in total. The van der Waals surface area contributed by atoms with Crippen LogP contribution in [0.1, 0.15) is 25.8 Å². The number of rotatable bonds is 8. The first kappa shape index (κ1) is 21.5. The minimum atomic E-state index is -0.838. The molecular weight excluding hydrogens is 368 g/mol. The van der Waals surface area contributed by atoms with Crippen LogP contribution in [-0.2, 0) is 9.53 Å². The molecule has 1 aliphatic heterocycles. The van der Waals surface area contributed by atoms with Crippen LogP contribution in [0.2, 0.25) is 0 Å². The Bertz CT molecular complexity index is 767. The van der Waals surface area contributed by atoms with Gasteiger partial charge < -0.3 is 30.9 Å². The summed E-state index contributed by atoms with van der Waals surface area (Å²) >= 11 is 0. The van der Waals surface area contributed by atoms with Gasteiger partial charge in [0.05, 0.1) is 23.3 Å². The summed E-state index contributed by atoms with van der Waals surface area (Å²) in [5.41, 5.74) is 5.17. The predicted octanol–water partition coefficient (Wildman–Crippen LogP) is 0.921. The van der Waals surface area contributed by atoms with Gasteiger partial charge in [-0.1, -0.05) is 0 Å². The fraction of sp³-hybridized carbons (Fsp3) is 0.500. The molecule has 2 atom stereocenters. The summed E-state index contributed by atoms with van der Waals surface area (Å²) in [6.45, 7) is 5.82. The van der Waals surface area contributed by atoms with E-state index in [4.69, 9.17) is 10.5 Å². The van der Waals surface area contributed by atoms with Gasteiger partial charge in [-0.15, -0.1) is 0 Å². The summed E-state index contributed by atoms with van der Waals surface area (Å²) in [5.74, 6) is -1.95. The predicted molar refractivity (Wildman–Crippen MR) is 103 cm³/mol. The average Bonchev–Trinajstić information content (AvgIpc) is 3.06. The Morgan fingerprint density at radius 2 is 2.21 bits per heavy atom. The molecule has 1 aliphatic rings. The monoisotopic (exact) mass is 394 g/mol. The molecule has 0 unspecified atom stereocenters. The number of ether oxygens (including phenoxy) is 1. The van der Waals surface area contributed by atoms with Gasteiger partial charge in [0.15, 0.2) is 5.75 Å². The first-order chi connectivity index (χ1) is 13.2. The van der Waals surface area contributed by atoms with Crippen molar-refractivity contribution in [3.05, 3.63) is 33.5 Å². The third-order valence-electron chi connectivity index (χ3n) is 4.55. The van der Waals surface area contributed by atoms with E-state index in [-0.39, 0.29) is 17.4 Å². The molecule has 0 bridgehead atoms. The van der Waals surface area contributed by atoms with Crippen LogP contribution in [0.5, 0.6) is 11.5 Å². The molecule has 154 valence electrons. The van der Waals surface area contributed by atoms with Crippen molar-refractivity contribution in [3.8, 4) is 11.5 Å². The number of carbonyl (C=O) groups excluding carboxylic acids is 1. The SMILES string of the molecule is CCN(CCO[C@H]1CN[C@H](C)C1)C(=O)/C(N)=C/c1cc(O)c(O)c([N+](=O)[O-])c1. The van der Waals surface area contributed by atoms with Crippen LogP contribution in [0.15, 0.2) is 17.8 Å². The second-order valence-corrected chi connectivity index (χ2v) is 6.69. The number of carbonyl (C=O) groups is 1. The molecule has 1 aromatic carbocycles. The van der Waals surface area contributed by atoms with Crippen molar-refractivity contribution in [1.29, 1.82) is 0 Å². The molecular formula is C18H26N4O6. The Morgan fingerprint density at radius 1 is 1.50 bits per heavy atom. The van der Waals surface area contributed by atoms with Gasteiger partial charge in [0.1, 0.15) is 0 Å². The normalized spacial score (nSPS) is 19.6. The number of phenols is 2. The maximum absolute atomic E-state index is 12.5. The first-order valence-electron chi connectivity index (χ1n) is 9.04. The van der Waals surface area contributed by atoms with Gasteiger partial charge in [0.25, 0.3) is 5.91 Å². The summed E-state index contributed by atoms with van der Waals surface area (Å²) in [5, 5.41) is 33.4. The molecule has 1 aromatic rings. The van der Waals surface area contributed by atoms with Gasteiger partial charge in [0.2, 0.25) is 5.75 Å². The molecule has 10 heteroatoms. The molecule has 0 aromatic heterocycles. The lowest BCUT2D eigenvalue weighted by Crippen LogP contribution is -2.37. The molecule has 0 aliphatic carbocycles. The van der Waals surface area contributed by atoms with Crippen molar-refractivity contribution in [3.63, 3.8) is 0 Å². The zero-order valence-corrected chi connectivity index (χ0v) is 15.9. The van der Waals surface area contributed by atoms with E-state index in [1.165, 1.54) is 11.0 Å². The van der Waals surface area contributed by atoms with E-state index >= 15 is 0 Å². The summed E-state index contributed by atoms with van der Waals surface area (Å²) in [4.78, 5) is 24.2. The molecule has 0 saturated carbocycles. The Balaban J connectivity index is 2.03. The highest BCUT2D eigenvalue weighted by atomic mass is 16.6. The Hall–Kier alpha value is -2.85. The lowest BCUT2D eigenvalue weighted by Gasteiger charge is -2.22. The van der Waals surface area contributed by atoms with Crippen LogP contribution in [-0.4, -0.2) is 64.3 Å². The molecule has 28 heavy (non-hydrogen) atoms. The lowest BCUT2D eigenvalue weighted by atomic mass is 10.1. The summed E-state index contributed by atoms with van der Waals surface area (Å²) in [6, 6.07) is 2.54. The third kappa shape index (κ3) is 5.33. The number of aromatic hydroxyl groups is 2. The largest absolute Gasteiger partial charge is 0.504 e. The number of phenolic OH excluding ortho intramolecular Hbond substituents is 2. The smallest absolute Gasteiger partial charge is 0.315 e. The van der Waals surface area contributed by atoms with Gasteiger partial charge in [-0.25, -0.2) is 0 Å². The van der Waals surface area contributed by atoms with Crippen molar-refractivity contribution in [1.82, 2.24) is 10.2 Å². The van der Waals surface area contributed by atoms with Crippen LogP contribution in [0.3, 0.4) is 0 Å². The van der Waals surface area contributed by atoms with Crippen molar-refractivity contribution in [2.75, 3.05) is 26.2 Å². The number of hydrogen-bond donors (Lipinski definition) is 4. The third-order valence-corrected chi connectivity index (χ3v) is 4.55. The summed E-state index contributed by atoms with van der Waals surface area (Å²) < 4.78 is 5.77. The zero-order chi connectivity index (χ0) is 20.8. The highest BCUT2D eigenvalue weighted by Gasteiger charge is 2.22. The summed E-state index contributed by atoms with van der Waals surface area (Å²) in [6.07, 6.45) is 2.27. The van der Waals surface area contributed by atoms with Gasteiger partial charge in [-0.2, -0.15) is 0 Å². The molecule has 1 saturated heterocycles. The number of amides is 1. The molecule has 1 amide bonds. The second kappa shape index (κ2) is 9.38. The van der Waals surface area contributed by atoms with Crippen LogP contribution in [0, 0.1) is 10.1 Å². The second-order valence-electron chi connectivity index (χ2n) is 6.69. The number of nitrogens with one attached hydrogen (secondary N) is 1. The highest BCUT2D eigenvalue weighted by molar-refractivity contribution is 5.97. The fourth-order valence-electron chi connectivity index (χ4n) is 3.03. The Labute approximate surface area is 162 Å². The Morgan fingerprint density at radius 3 is 2.79 bits per heavy atom. The topological polar surface area (TPSA) is 151 Å². The molecule has 10 nitrogen and oxygen atoms in total. The minimum Gasteiger partial charge on any atom is -0.504 e. The van der Waals surface area contributed by atoms with Crippen molar-refractivity contribution >= 4 is 17.7 Å². The Kier molecular flexibility index (Phi) is 7.18. The van der Waals surface area contributed by atoms with E-state index < -0.39 is 28.0 Å². The number of nitro groups is 1. The van der Waals surface area contributed by atoms with Crippen LogP contribution in [0.25, 0.3) is 6.08 Å². The highest BCUT2D eigenvalue weighted by Crippen LogP contribution is 2.36. The number of nitrogens with two attached hydrogens (primary N) is 1. The quantitative estimate of drug-likeness (QED) is 0.220. The van der Waals surface area contributed by atoms with E-state index in [9.17, 15) is 25.1 Å². The molecule has 2 rings (SSSR count).